The van der Waals surface area contributed by atoms with Crippen molar-refractivity contribution in [3.05, 3.63) is 29.8 Å². The first-order chi connectivity index (χ1) is 9.44. The van der Waals surface area contributed by atoms with Crippen LogP contribution in [0.2, 0.25) is 0 Å². The molecule has 1 aromatic rings. The summed E-state index contributed by atoms with van der Waals surface area (Å²) in [7, 11) is 0. The van der Waals surface area contributed by atoms with Crippen LogP contribution in [0.4, 0.5) is 8.78 Å². The maximum absolute atomic E-state index is 13.7. The average molecular weight is 301 g/mol. The molecule has 0 bridgehead atoms. The van der Waals surface area contributed by atoms with Crippen LogP contribution >= 0.6 is 11.8 Å². The number of nitrogens with one attached hydrogen (secondary N) is 1. The number of aliphatic hydroxyl groups excluding tert-OH is 1. The second-order valence-electron chi connectivity index (χ2n) is 5.79. The molecule has 0 spiro atoms. The lowest BCUT2D eigenvalue weighted by atomic mass is 9.98. The third-order valence-electron chi connectivity index (χ3n) is 3.65. The molecule has 0 amide bonds. The Balaban J connectivity index is 2.02. The van der Waals surface area contributed by atoms with Gasteiger partial charge in [0.15, 0.2) is 0 Å². The van der Waals surface area contributed by atoms with Gasteiger partial charge in [-0.05, 0) is 31.4 Å². The Bertz CT molecular complexity index is 469. The molecule has 2 unspecified atom stereocenters. The Morgan fingerprint density at radius 2 is 2.20 bits per heavy atom. The van der Waals surface area contributed by atoms with E-state index in [-0.39, 0.29) is 17.4 Å². The normalized spacial score (nSPS) is 26.4. The molecular weight excluding hydrogens is 280 g/mol. The fraction of sp³-hybridized carbons (Fsp3) is 0.600. The highest BCUT2D eigenvalue weighted by molar-refractivity contribution is 8.00. The predicted octanol–water partition coefficient (Wildman–Crippen LogP) is 3.34. The van der Waals surface area contributed by atoms with Gasteiger partial charge in [-0.3, -0.25) is 0 Å². The molecule has 1 saturated carbocycles. The van der Waals surface area contributed by atoms with E-state index in [9.17, 15) is 13.9 Å². The molecule has 20 heavy (non-hydrogen) atoms. The number of halogens is 2. The minimum Gasteiger partial charge on any atom is -0.394 e. The van der Waals surface area contributed by atoms with E-state index in [2.05, 4.69) is 19.2 Å². The SMILES string of the molecule is CC(C)NC1(CO)CCC(Sc2ccc(F)cc2F)C1. The summed E-state index contributed by atoms with van der Waals surface area (Å²) in [6.45, 7) is 4.20. The lowest BCUT2D eigenvalue weighted by Gasteiger charge is -2.31. The van der Waals surface area contributed by atoms with Crippen LogP contribution in [-0.2, 0) is 0 Å². The summed E-state index contributed by atoms with van der Waals surface area (Å²) >= 11 is 1.44. The number of benzene rings is 1. The minimum atomic E-state index is -0.551. The molecule has 2 rings (SSSR count). The highest BCUT2D eigenvalue weighted by atomic mass is 32.2. The van der Waals surface area contributed by atoms with Crippen molar-refractivity contribution >= 4 is 11.8 Å². The first-order valence-corrected chi connectivity index (χ1v) is 7.82. The third kappa shape index (κ3) is 3.71. The summed E-state index contributed by atoms with van der Waals surface area (Å²) in [6.07, 6.45) is 2.59. The lowest BCUT2D eigenvalue weighted by molar-refractivity contribution is 0.156. The Kier molecular flexibility index (Phi) is 5.04. The van der Waals surface area contributed by atoms with Crippen molar-refractivity contribution < 1.29 is 13.9 Å². The molecule has 2 nitrogen and oxygen atoms in total. The molecule has 2 N–H and O–H groups in total. The van der Waals surface area contributed by atoms with E-state index in [0.717, 1.165) is 25.3 Å². The molecule has 1 aliphatic carbocycles. The fourth-order valence-corrected chi connectivity index (χ4v) is 4.18. The second-order valence-corrected chi connectivity index (χ2v) is 7.14. The molecule has 0 aromatic heterocycles. The maximum Gasteiger partial charge on any atom is 0.139 e. The van der Waals surface area contributed by atoms with E-state index in [1.165, 1.54) is 23.9 Å². The summed E-state index contributed by atoms with van der Waals surface area (Å²) in [5, 5.41) is 13.3. The van der Waals surface area contributed by atoms with Crippen molar-refractivity contribution in [1.29, 1.82) is 0 Å². The van der Waals surface area contributed by atoms with Crippen molar-refractivity contribution in [1.82, 2.24) is 5.32 Å². The van der Waals surface area contributed by atoms with E-state index in [1.54, 1.807) is 0 Å². The summed E-state index contributed by atoms with van der Waals surface area (Å²) in [4.78, 5) is 0.481. The predicted molar refractivity (Wildman–Crippen MR) is 77.9 cm³/mol. The summed E-state index contributed by atoms with van der Waals surface area (Å²) in [5.41, 5.74) is -0.262. The molecule has 0 saturated heterocycles. The van der Waals surface area contributed by atoms with E-state index < -0.39 is 11.6 Å². The van der Waals surface area contributed by atoms with Crippen LogP contribution in [0.1, 0.15) is 33.1 Å². The Labute approximate surface area is 123 Å². The monoisotopic (exact) mass is 301 g/mol. The highest BCUT2D eigenvalue weighted by Crippen LogP contribution is 2.41. The molecule has 5 heteroatoms. The van der Waals surface area contributed by atoms with Gasteiger partial charge in [-0.15, -0.1) is 11.8 Å². The highest BCUT2D eigenvalue weighted by Gasteiger charge is 2.39. The number of hydrogen-bond donors (Lipinski definition) is 2. The number of hydrogen-bond acceptors (Lipinski definition) is 3. The van der Waals surface area contributed by atoms with Gasteiger partial charge in [0.05, 0.1) is 6.61 Å². The Morgan fingerprint density at radius 3 is 2.80 bits per heavy atom. The van der Waals surface area contributed by atoms with Crippen molar-refractivity contribution in [2.75, 3.05) is 6.61 Å². The van der Waals surface area contributed by atoms with Gasteiger partial charge in [0.1, 0.15) is 11.6 Å². The van der Waals surface area contributed by atoms with Gasteiger partial charge < -0.3 is 10.4 Å². The summed E-state index contributed by atoms with van der Waals surface area (Å²) in [5.74, 6) is -1.06. The molecule has 1 aromatic carbocycles. The van der Waals surface area contributed by atoms with Crippen LogP contribution in [0.5, 0.6) is 0 Å². The van der Waals surface area contributed by atoms with E-state index in [1.807, 2.05) is 0 Å². The number of thioether (sulfide) groups is 1. The number of aliphatic hydroxyl groups is 1. The summed E-state index contributed by atoms with van der Waals surface area (Å²) < 4.78 is 26.6. The zero-order chi connectivity index (χ0) is 14.8. The topological polar surface area (TPSA) is 32.3 Å². The molecule has 1 aliphatic rings. The quantitative estimate of drug-likeness (QED) is 0.875. The van der Waals surface area contributed by atoms with Gasteiger partial charge in [-0.25, -0.2) is 8.78 Å². The molecular formula is C15H21F2NOS. The van der Waals surface area contributed by atoms with Crippen LogP contribution < -0.4 is 5.32 Å². The van der Waals surface area contributed by atoms with Crippen LogP contribution in [0.3, 0.4) is 0 Å². The molecule has 0 heterocycles. The van der Waals surface area contributed by atoms with Gasteiger partial charge in [-0.1, -0.05) is 13.8 Å². The molecule has 1 fully saturated rings. The van der Waals surface area contributed by atoms with E-state index in [0.29, 0.717) is 10.9 Å². The minimum absolute atomic E-state index is 0.0914. The fourth-order valence-electron chi connectivity index (χ4n) is 2.86. The van der Waals surface area contributed by atoms with Gasteiger partial charge in [-0.2, -0.15) is 0 Å². The third-order valence-corrected chi connectivity index (χ3v) is 4.97. The maximum atomic E-state index is 13.7. The van der Waals surface area contributed by atoms with Crippen LogP contribution in [-0.4, -0.2) is 28.5 Å². The van der Waals surface area contributed by atoms with Gasteiger partial charge >= 0.3 is 0 Å². The van der Waals surface area contributed by atoms with E-state index in [4.69, 9.17) is 0 Å². The van der Waals surface area contributed by atoms with Crippen molar-refractivity contribution in [3.63, 3.8) is 0 Å². The van der Waals surface area contributed by atoms with Crippen molar-refractivity contribution in [3.8, 4) is 0 Å². The van der Waals surface area contributed by atoms with Crippen molar-refractivity contribution in [2.24, 2.45) is 0 Å². The lowest BCUT2D eigenvalue weighted by Crippen LogP contribution is -2.49. The molecule has 0 radical (unpaired) electrons. The van der Waals surface area contributed by atoms with Gasteiger partial charge in [0.25, 0.3) is 0 Å². The van der Waals surface area contributed by atoms with Crippen LogP contribution in [0.15, 0.2) is 23.1 Å². The Morgan fingerprint density at radius 1 is 1.45 bits per heavy atom. The number of rotatable bonds is 5. The molecule has 0 aliphatic heterocycles. The van der Waals surface area contributed by atoms with E-state index >= 15 is 0 Å². The first-order valence-electron chi connectivity index (χ1n) is 6.94. The zero-order valence-electron chi connectivity index (χ0n) is 11.8. The van der Waals surface area contributed by atoms with Crippen molar-refractivity contribution in [2.45, 2.75) is 54.8 Å². The van der Waals surface area contributed by atoms with Gasteiger partial charge in [0.2, 0.25) is 0 Å². The Hall–Kier alpha value is -0.650. The zero-order valence-corrected chi connectivity index (χ0v) is 12.6. The van der Waals surface area contributed by atoms with Crippen LogP contribution in [0, 0.1) is 11.6 Å². The van der Waals surface area contributed by atoms with Crippen LogP contribution in [0.25, 0.3) is 0 Å². The summed E-state index contributed by atoms with van der Waals surface area (Å²) in [6, 6.07) is 3.99. The second kappa shape index (κ2) is 6.41. The average Bonchev–Trinajstić information content (AvgIpc) is 2.76. The first kappa shape index (κ1) is 15.7. The standard InChI is InChI=1S/C15H21F2NOS/c1-10(2)18-15(9-19)6-5-12(8-15)20-14-4-3-11(16)7-13(14)17/h3-4,7,10,12,18-19H,5-6,8-9H2,1-2H3. The molecule has 2 atom stereocenters. The largest absolute Gasteiger partial charge is 0.394 e. The van der Waals surface area contributed by atoms with Gasteiger partial charge in [0, 0.05) is 27.8 Å². The molecule has 112 valence electrons. The smallest absolute Gasteiger partial charge is 0.139 e.